The van der Waals surface area contributed by atoms with Gasteiger partial charge in [-0.3, -0.25) is 0 Å². The molecule has 1 aromatic rings. The Labute approximate surface area is 105 Å². The standard InChI is InChI=1S/C14H24N2O/c1-16(2)10-4-9-15-11-13-5-7-14(8-6-13)12-17-3/h5-8,15H,4,9-12H2,1-3H3. The van der Waals surface area contributed by atoms with Gasteiger partial charge < -0.3 is 15.0 Å². The Kier molecular flexibility index (Phi) is 6.86. The summed E-state index contributed by atoms with van der Waals surface area (Å²) in [6.45, 7) is 3.84. The van der Waals surface area contributed by atoms with Gasteiger partial charge in [0.25, 0.3) is 0 Å². The Morgan fingerprint density at radius 1 is 1.12 bits per heavy atom. The molecule has 0 amide bonds. The number of nitrogens with zero attached hydrogens (tertiary/aromatic N) is 1. The lowest BCUT2D eigenvalue weighted by molar-refractivity contribution is 0.185. The highest BCUT2D eigenvalue weighted by atomic mass is 16.5. The topological polar surface area (TPSA) is 24.5 Å². The Bertz CT molecular complexity index is 296. The van der Waals surface area contributed by atoms with Crippen molar-refractivity contribution in [1.82, 2.24) is 10.2 Å². The van der Waals surface area contributed by atoms with Gasteiger partial charge in [-0.25, -0.2) is 0 Å². The van der Waals surface area contributed by atoms with Crippen LogP contribution in [0.1, 0.15) is 17.5 Å². The van der Waals surface area contributed by atoms with Crippen molar-refractivity contribution in [2.45, 2.75) is 19.6 Å². The molecule has 0 bridgehead atoms. The van der Waals surface area contributed by atoms with Gasteiger partial charge in [-0.05, 0) is 44.7 Å². The van der Waals surface area contributed by atoms with E-state index in [2.05, 4.69) is 48.6 Å². The first-order chi connectivity index (χ1) is 8.22. The van der Waals surface area contributed by atoms with E-state index in [0.29, 0.717) is 6.61 Å². The van der Waals surface area contributed by atoms with E-state index in [9.17, 15) is 0 Å². The molecule has 0 fully saturated rings. The zero-order valence-corrected chi connectivity index (χ0v) is 11.2. The molecule has 0 heterocycles. The van der Waals surface area contributed by atoms with Gasteiger partial charge in [0.15, 0.2) is 0 Å². The molecule has 96 valence electrons. The summed E-state index contributed by atoms with van der Waals surface area (Å²) in [4.78, 5) is 2.21. The second-order valence-electron chi connectivity index (χ2n) is 4.58. The first-order valence-corrected chi connectivity index (χ1v) is 6.14. The number of hydrogen-bond donors (Lipinski definition) is 1. The molecule has 1 rings (SSSR count). The van der Waals surface area contributed by atoms with Crippen LogP contribution in [0.3, 0.4) is 0 Å². The summed E-state index contributed by atoms with van der Waals surface area (Å²) in [5.74, 6) is 0. The van der Waals surface area contributed by atoms with Crippen molar-refractivity contribution >= 4 is 0 Å². The number of methoxy groups -OCH3 is 1. The van der Waals surface area contributed by atoms with E-state index in [4.69, 9.17) is 4.74 Å². The zero-order valence-electron chi connectivity index (χ0n) is 11.2. The van der Waals surface area contributed by atoms with Gasteiger partial charge in [0, 0.05) is 13.7 Å². The molecule has 0 aliphatic carbocycles. The highest BCUT2D eigenvalue weighted by Gasteiger charge is 1.95. The summed E-state index contributed by atoms with van der Waals surface area (Å²) in [6.07, 6.45) is 1.19. The monoisotopic (exact) mass is 236 g/mol. The second kappa shape index (κ2) is 8.23. The van der Waals surface area contributed by atoms with E-state index in [0.717, 1.165) is 19.6 Å². The molecule has 0 radical (unpaired) electrons. The van der Waals surface area contributed by atoms with Crippen LogP contribution in [0.15, 0.2) is 24.3 Å². The first kappa shape index (κ1) is 14.2. The lowest BCUT2D eigenvalue weighted by Gasteiger charge is -2.10. The third-order valence-electron chi connectivity index (χ3n) is 2.62. The van der Waals surface area contributed by atoms with Crippen LogP contribution >= 0.6 is 0 Å². The third kappa shape index (κ3) is 6.41. The van der Waals surface area contributed by atoms with Crippen LogP contribution in [0, 0.1) is 0 Å². The highest BCUT2D eigenvalue weighted by Crippen LogP contribution is 2.05. The Morgan fingerprint density at radius 2 is 1.76 bits per heavy atom. The smallest absolute Gasteiger partial charge is 0.0713 e. The van der Waals surface area contributed by atoms with Crippen LogP contribution in [0.2, 0.25) is 0 Å². The molecule has 0 spiro atoms. The lowest BCUT2D eigenvalue weighted by atomic mass is 10.1. The summed E-state index contributed by atoms with van der Waals surface area (Å²) in [6, 6.07) is 8.57. The van der Waals surface area contributed by atoms with Gasteiger partial charge in [0.05, 0.1) is 6.61 Å². The SMILES string of the molecule is COCc1ccc(CNCCCN(C)C)cc1. The molecule has 0 aromatic heterocycles. The van der Waals surface area contributed by atoms with Gasteiger partial charge >= 0.3 is 0 Å². The number of rotatable bonds is 8. The molecule has 0 aliphatic heterocycles. The molecule has 3 heteroatoms. The van der Waals surface area contributed by atoms with Crippen molar-refractivity contribution in [3.63, 3.8) is 0 Å². The summed E-state index contributed by atoms with van der Waals surface area (Å²) in [7, 11) is 5.93. The summed E-state index contributed by atoms with van der Waals surface area (Å²) in [5.41, 5.74) is 2.55. The molecule has 0 saturated heterocycles. The van der Waals surface area contributed by atoms with Crippen LogP contribution in [0.5, 0.6) is 0 Å². The molecule has 0 atom stereocenters. The third-order valence-corrected chi connectivity index (χ3v) is 2.62. The molecule has 1 N–H and O–H groups in total. The van der Waals surface area contributed by atoms with Gasteiger partial charge in [0.2, 0.25) is 0 Å². The van der Waals surface area contributed by atoms with Crippen molar-refractivity contribution in [1.29, 1.82) is 0 Å². The molecule has 17 heavy (non-hydrogen) atoms. The fourth-order valence-electron chi connectivity index (χ4n) is 1.67. The van der Waals surface area contributed by atoms with Crippen molar-refractivity contribution in [3.05, 3.63) is 35.4 Å². The van der Waals surface area contributed by atoms with Crippen molar-refractivity contribution < 1.29 is 4.74 Å². The van der Waals surface area contributed by atoms with Gasteiger partial charge in [0.1, 0.15) is 0 Å². The van der Waals surface area contributed by atoms with E-state index in [1.807, 2.05) is 0 Å². The molecule has 0 aliphatic rings. The summed E-state index contributed by atoms with van der Waals surface area (Å²) < 4.78 is 5.08. The Balaban J connectivity index is 2.18. The maximum Gasteiger partial charge on any atom is 0.0713 e. The van der Waals surface area contributed by atoms with Crippen molar-refractivity contribution in [2.75, 3.05) is 34.3 Å². The van der Waals surface area contributed by atoms with E-state index >= 15 is 0 Å². The molecule has 3 nitrogen and oxygen atoms in total. The quantitative estimate of drug-likeness (QED) is 0.697. The maximum absolute atomic E-state index is 5.08. The Morgan fingerprint density at radius 3 is 2.35 bits per heavy atom. The molecule has 1 aromatic carbocycles. The molecule has 0 saturated carbocycles. The Hall–Kier alpha value is -0.900. The number of nitrogens with one attached hydrogen (secondary N) is 1. The molecular weight excluding hydrogens is 212 g/mol. The van der Waals surface area contributed by atoms with E-state index < -0.39 is 0 Å². The minimum absolute atomic E-state index is 0.691. The zero-order chi connectivity index (χ0) is 12.5. The van der Waals surface area contributed by atoms with Crippen LogP contribution in [0.25, 0.3) is 0 Å². The average molecular weight is 236 g/mol. The number of hydrogen-bond acceptors (Lipinski definition) is 3. The molecular formula is C14H24N2O. The average Bonchev–Trinajstić information content (AvgIpc) is 2.31. The normalized spacial score (nSPS) is 11.1. The van der Waals surface area contributed by atoms with Gasteiger partial charge in [-0.1, -0.05) is 24.3 Å². The first-order valence-electron chi connectivity index (χ1n) is 6.14. The van der Waals surface area contributed by atoms with Crippen LogP contribution in [0.4, 0.5) is 0 Å². The van der Waals surface area contributed by atoms with Crippen LogP contribution in [-0.4, -0.2) is 39.2 Å². The minimum Gasteiger partial charge on any atom is -0.380 e. The summed E-state index contributed by atoms with van der Waals surface area (Å²) >= 11 is 0. The minimum atomic E-state index is 0.691. The predicted molar refractivity (Wildman–Crippen MR) is 72.0 cm³/mol. The van der Waals surface area contributed by atoms with Crippen molar-refractivity contribution in [2.24, 2.45) is 0 Å². The van der Waals surface area contributed by atoms with E-state index in [-0.39, 0.29) is 0 Å². The largest absolute Gasteiger partial charge is 0.380 e. The van der Waals surface area contributed by atoms with Crippen LogP contribution in [-0.2, 0) is 17.9 Å². The van der Waals surface area contributed by atoms with Gasteiger partial charge in [-0.15, -0.1) is 0 Å². The highest BCUT2D eigenvalue weighted by molar-refractivity contribution is 5.21. The van der Waals surface area contributed by atoms with E-state index in [1.54, 1.807) is 7.11 Å². The van der Waals surface area contributed by atoms with E-state index in [1.165, 1.54) is 17.5 Å². The molecule has 0 unspecified atom stereocenters. The lowest BCUT2D eigenvalue weighted by Crippen LogP contribution is -2.20. The maximum atomic E-state index is 5.08. The van der Waals surface area contributed by atoms with Crippen molar-refractivity contribution in [3.8, 4) is 0 Å². The summed E-state index contributed by atoms with van der Waals surface area (Å²) in [5, 5.41) is 3.45. The number of benzene rings is 1. The number of ether oxygens (including phenoxy) is 1. The van der Waals surface area contributed by atoms with Gasteiger partial charge in [-0.2, -0.15) is 0 Å². The fraction of sp³-hybridized carbons (Fsp3) is 0.571. The van der Waals surface area contributed by atoms with Crippen LogP contribution < -0.4 is 5.32 Å². The predicted octanol–water partition coefficient (Wildman–Crippen LogP) is 1.87. The second-order valence-corrected chi connectivity index (χ2v) is 4.58. The fourth-order valence-corrected chi connectivity index (χ4v) is 1.67.